The van der Waals surface area contributed by atoms with Crippen LogP contribution in [0, 0.1) is 16.7 Å². The Labute approximate surface area is 360 Å². The van der Waals surface area contributed by atoms with Crippen LogP contribution in [0.3, 0.4) is 0 Å². The van der Waals surface area contributed by atoms with Gasteiger partial charge in [-0.2, -0.15) is 5.26 Å². The van der Waals surface area contributed by atoms with Crippen LogP contribution in [0.15, 0.2) is 54.6 Å². The topological polar surface area (TPSA) is 266 Å². The van der Waals surface area contributed by atoms with Crippen LogP contribution in [0.1, 0.15) is 61.6 Å². The maximum Gasteiger partial charge on any atom is 0.253 e. The third kappa shape index (κ3) is 13.0. The van der Waals surface area contributed by atoms with Crippen LogP contribution in [0.4, 0.5) is 0 Å². The number of amides is 5. The Kier molecular flexibility index (Phi) is 17.3. The third-order valence-electron chi connectivity index (χ3n) is 9.47. The molecule has 0 radical (unpaired) electrons. The largest absolute Gasteiger partial charge is 0.493 e. The molecule has 17 nitrogen and oxygen atoms in total. The monoisotopic (exact) mass is 861 g/mol. The highest BCUT2D eigenvalue weighted by molar-refractivity contribution is 6.34. The minimum atomic E-state index is -1.40. The zero-order chi connectivity index (χ0) is 44.9. The summed E-state index contributed by atoms with van der Waals surface area (Å²) in [4.78, 5) is 70.8. The molecule has 0 aromatic heterocycles. The van der Waals surface area contributed by atoms with Crippen molar-refractivity contribution in [3.05, 3.63) is 76.3 Å². The quantitative estimate of drug-likeness (QED) is 0.102. The molecule has 10 N–H and O–H groups in total. The van der Waals surface area contributed by atoms with Gasteiger partial charge in [-0.1, -0.05) is 44.5 Å². The SMILES string of the molecule is C[C@@H]1NC(=O)[C@@H](N(C)C(=O)[C@H](CCN)NC(=O)c2ccc(OCC(C)(C)C)cc2Cl)c2ccc(OCCN)c(c2)-c2cc(ccc2OCCN)C[C@@H](C(=O)NCC#N)NC1=O. The lowest BCUT2D eigenvalue weighted by atomic mass is 9.93. The molecule has 3 aromatic rings. The maximum atomic E-state index is 14.5. The van der Waals surface area contributed by atoms with Crippen molar-refractivity contribution in [1.29, 1.82) is 5.26 Å². The Balaban J connectivity index is 1.82. The van der Waals surface area contributed by atoms with E-state index in [1.807, 2.05) is 26.8 Å². The van der Waals surface area contributed by atoms with E-state index in [-0.39, 0.29) is 68.2 Å². The van der Waals surface area contributed by atoms with E-state index in [9.17, 15) is 24.0 Å². The van der Waals surface area contributed by atoms with E-state index >= 15 is 0 Å². The molecule has 1 aliphatic heterocycles. The second-order valence-corrected chi connectivity index (χ2v) is 16.1. The van der Waals surface area contributed by atoms with Crippen molar-refractivity contribution in [2.45, 2.75) is 64.7 Å². The summed E-state index contributed by atoms with van der Waals surface area (Å²) in [5.41, 5.74) is 19.4. The summed E-state index contributed by atoms with van der Waals surface area (Å²) in [6, 6.07) is 11.6. The van der Waals surface area contributed by atoms with E-state index in [2.05, 4.69) is 21.3 Å². The van der Waals surface area contributed by atoms with Crippen molar-refractivity contribution in [1.82, 2.24) is 26.2 Å². The lowest BCUT2D eigenvalue weighted by Crippen LogP contribution is -2.56. The minimum absolute atomic E-state index is 0.000962. The highest BCUT2D eigenvalue weighted by Crippen LogP contribution is 2.40. The fourth-order valence-electron chi connectivity index (χ4n) is 6.44. The number of carbonyl (C=O) groups is 5. The van der Waals surface area contributed by atoms with Gasteiger partial charge in [-0.15, -0.1) is 0 Å². The number of hydrogen-bond acceptors (Lipinski definition) is 12. The van der Waals surface area contributed by atoms with Gasteiger partial charge in [0.1, 0.15) is 61.2 Å². The van der Waals surface area contributed by atoms with Crippen LogP contribution < -0.4 is 52.7 Å². The first-order valence-corrected chi connectivity index (χ1v) is 20.3. The third-order valence-corrected chi connectivity index (χ3v) is 9.78. The molecule has 328 valence electrons. The molecule has 1 heterocycles. The molecule has 61 heavy (non-hydrogen) atoms. The van der Waals surface area contributed by atoms with E-state index in [0.717, 1.165) is 4.90 Å². The standard InChI is InChI=1S/C43H56ClN9O8/c1-25-38(54)52-34(40(56)49-17-14-46)21-26-6-10-35(59-18-15-47)30(20-26)31-22-27(7-11-36(31)60-19-16-48)37(41(57)50-25)53(5)42(58)33(12-13-45)51-39(55)29-9-8-28(23-32(29)44)61-24-43(2,3)4/h6-11,20,22-23,25,33-34,37H,12-13,15-19,21,24,45,47-48H2,1-5H3,(H,49,56)(H,50,57)(H,51,55)(H,52,54)/t25-,33-,34-,37-/m0/s1. The van der Waals surface area contributed by atoms with Crippen LogP contribution in [-0.2, 0) is 25.6 Å². The summed E-state index contributed by atoms with van der Waals surface area (Å²) in [6.45, 7) is 8.25. The Bertz CT molecular complexity index is 2100. The molecule has 0 unspecified atom stereocenters. The Morgan fingerprint density at radius 1 is 0.918 bits per heavy atom. The summed E-state index contributed by atoms with van der Waals surface area (Å²) >= 11 is 6.53. The van der Waals surface area contributed by atoms with Crippen molar-refractivity contribution >= 4 is 41.1 Å². The minimum Gasteiger partial charge on any atom is -0.493 e. The van der Waals surface area contributed by atoms with Crippen LogP contribution in [0.25, 0.3) is 11.1 Å². The Morgan fingerprint density at radius 2 is 1.57 bits per heavy atom. The zero-order valence-corrected chi connectivity index (χ0v) is 35.9. The predicted molar refractivity (Wildman–Crippen MR) is 230 cm³/mol. The van der Waals surface area contributed by atoms with Gasteiger partial charge < -0.3 is 57.6 Å². The predicted octanol–water partition coefficient (Wildman–Crippen LogP) is 1.94. The number of likely N-dealkylation sites (N-methyl/N-ethyl adjacent to an activating group) is 1. The highest BCUT2D eigenvalue weighted by Gasteiger charge is 2.36. The second-order valence-electron chi connectivity index (χ2n) is 15.7. The summed E-state index contributed by atoms with van der Waals surface area (Å²) in [6.07, 6.45) is -0.00552. The van der Waals surface area contributed by atoms with Gasteiger partial charge in [0.15, 0.2) is 0 Å². The van der Waals surface area contributed by atoms with Crippen molar-refractivity contribution in [2.24, 2.45) is 22.6 Å². The fraction of sp³-hybridized carbons (Fsp3) is 0.442. The number of nitrogens with two attached hydrogens (primary N) is 3. The fourth-order valence-corrected chi connectivity index (χ4v) is 6.69. The average Bonchev–Trinajstić information content (AvgIpc) is 3.22. The van der Waals surface area contributed by atoms with E-state index < -0.39 is 53.7 Å². The maximum absolute atomic E-state index is 14.5. The number of nitriles is 1. The summed E-state index contributed by atoms with van der Waals surface area (Å²) in [5, 5.41) is 19.8. The van der Waals surface area contributed by atoms with Gasteiger partial charge in [-0.25, -0.2) is 0 Å². The summed E-state index contributed by atoms with van der Waals surface area (Å²) in [5.74, 6) is -2.19. The number of fused-ring (bicyclic) bond motifs is 5. The van der Waals surface area contributed by atoms with Gasteiger partial charge in [-0.05, 0) is 78.9 Å². The molecule has 0 spiro atoms. The number of halogens is 1. The van der Waals surface area contributed by atoms with E-state index in [1.165, 1.54) is 26.1 Å². The lowest BCUT2D eigenvalue weighted by Gasteiger charge is -2.32. The molecule has 4 bridgehead atoms. The zero-order valence-electron chi connectivity index (χ0n) is 35.1. The number of carbonyl (C=O) groups excluding carboxylic acids is 5. The van der Waals surface area contributed by atoms with Gasteiger partial charge in [0.2, 0.25) is 23.6 Å². The first-order chi connectivity index (χ1) is 29.0. The molecule has 0 saturated carbocycles. The lowest BCUT2D eigenvalue weighted by molar-refractivity contribution is -0.141. The van der Waals surface area contributed by atoms with Crippen LogP contribution >= 0.6 is 11.6 Å². The normalized spacial score (nSPS) is 17.0. The molecular weight excluding hydrogens is 806 g/mol. The molecule has 3 aromatic carbocycles. The smallest absolute Gasteiger partial charge is 0.253 e. The molecule has 4 rings (SSSR count). The Hall–Kier alpha value is -5.93. The van der Waals surface area contributed by atoms with Gasteiger partial charge in [-0.3, -0.25) is 24.0 Å². The van der Waals surface area contributed by atoms with Crippen molar-refractivity contribution in [3.8, 4) is 34.4 Å². The number of nitrogens with one attached hydrogen (secondary N) is 4. The molecular formula is C43H56ClN9O8. The Morgan fingerprint density at radius 3 is 2.18 bits per heavy atom. The summed E-state index contributed by atoms with van der Waals surface area (Å²) < 4.78 is 18.0. The van der Waals surface area contributed by atoms with Gasteiger partial charge in [0, 0.05) is 37.7 Å². The molecule has 1 aliphatic rings. The molecule has 4 atom stereocenters. The average molecular weight is 862 g/mol. The van der Waals surface area contributed by atoms with E-state index in [0.29, 0.717) is 46.1 Å². The molecule has 5 amide bonds. The van der Waals surface area contributed by atoms with E-state index in [1.54, 1.807) is 42.5 Å². The van der Waals surface area contributed by atoms with Crippen molar-refractivity contribution in [3.63, 3.8) is 0 Å². The first kappa shape index (κ1) is 47.7. The van der Waals surface area contributed by atoms with Crippen LogP contribution in [0.2, 0.25) is 5.02 Å². The number of ether oxygens (including phenoxy) is 3. The number of hydrogen-bond donors (Lipinski definition) is 7. The second kappa shape index (κ2) is 22.1. The number of benzene rings is 3. The highest BCUT2D eigenvalue weighted by atomic mass is 35.5. The van der Waals surface area contributed by atoms with E-state index in [4.69, 9.17) is 48.3 Å². The number of rotatable bonds is 16. The van der Waals surface area contributed by atoms with Crippen molar-refractivity contribution in [2.75, 3.05) is 53.0 Å². The first-order valence-electron chi connectivity index (χ1n) is 19.9. The molecule has 0 saturated heterocycles. The van der Waals surface area contributed by atoms with Gasteiger partial charge in [0.05, 0.1) is 23.3 Å². The molecule has 0 aliphatic carbocycles. The van der Waals surface area contributed by atoms with Gasteiger partial charge >= 0.3 is 0 Å². The molecule has 18 heteroatoms. The summed E-state index contributed by atoms with van der Waals surface area (Å²) in [7, 11) is 1.40. The molecule has 0 fully saturated rings. The van der Waals surface area contributed by atoms with Crippen LogP contribution in [0.5, 0.6) is 17.2 Å². The van der Waals surface area contributed by atoms with Gasteiger partial charge in [0.25, 0.3) is 5.91 Å². The van der Waals surface area contributed by atoms with Crippen LogP contribution in [-0.4, -0.2) is 106 Å². The number of nitrogens with zero attached hydrogens (tertiary/aromatic N) is 2. The van der Waals surface area contributed by atoms with Crippen molar-refractivity contribution < 1.29 is 38.2 Å².